The van der Waals surface area contributed by atoms with Crippen molar-refractivity contribution in [3.63, 3.8) is 0 Å². The second-order valence-electron chi connectivity index (χ2n) is 4.53. The van der Waals surface area contributed by atoms with Crippen LogP contribution >= 0.6 is 11.8 Å². The van der Waals surface area contributed by atoms with Gasteiger partial charge >= 0.3 is 0 Å². The lowest BCUT2D eigenvalue weighted by Crippen LogP contribution is -2.38. The summed E-state index contributed by atoms with van der Waals surface area (Å²) in [5.74, 6) is 1.88. The molecule has 1 saturated heterocycles. The van der Waals surface area contributed by atoms with Gasteiger partial charge in [0.1, 0.15) is 5.82 Å². The standard InChI is InChI=1S/C14H20FNOS/c1-3-16-14(13-9-18-7-6-17-13)11-5-4-10(2)12(15)8-11/h4-5,8,13-14,16H,3,6-7,9H2,1-2H3. The number of thioether (sulfide) groups is 1. The van der Waals surface area contributed by atoms with Gasteiger partial charge in [0.15, 0.2) is 0 Å². The Bertz CT molecular complexity index is 393. The molecule has 0 saturated carbocycles. The van der Waals surface area contributed by atoms with Crippen LogP contribution in [0.15, 0.2) is 18.2 Å². The van der Waals surface area contributed by atoms with E-state index >= 15 is 0 Å². The van der Waals surface area contributed by atoms with E-state index < -0.39 is 0 Å². The van der Waals surface area contributed by atoms with E-state index in [2.05, 4.69) is 12.2 Å². The number of ether oxygens (including phenoxy) is 1. The number of hydrogen-bond donors (Lipinski definition) is 1. The zero-order chi connectivity index (χ0) is 13.0. The molecule has 1 heterocycles. The average Bonchev–Trinajstić information content (AvgIpc) is 2.40. The average molecular weight is 269 g/mol. The summed E-state index contributed by atoms with van der Waals surface area (Å²) in [5, 5.41) is 3.41. The summed E-state index contributed by atoms with van der Waals surface area (Å²) in [5.41, 5.74) is 1.67. The first-order chi connectivity index (χ1) is 8.72. The zero-order valence-electron chi connectivity index (χ0n) is 10.9. The van der Waals surface area contributed by atoms with E-state index in [1.807, 2.05) is 23.9 Å². The number of aryl methyl sites for hydroxylation is 1. The molecule has 1 aliphatic heterocycles. The highest BCUT2D eigenvalue weighted by molar-refractivity contribution is 7.99. The molecule has 1 fully saturated rings. The van der Waals surface area contributed by atoms with E-state index in [0.29, 0.717) is 5.56 Å². The molecule has 0 bridgehead atoms. The van der Waals surface area contributed by atoms with Gasteiger partial charge in [-0.25, -0.2) is 4.39 Å². The Labute approximate surface area is 112 Å². The van der Waals surface area contributed by atoms with Gasteiger partial charge < -0.3 is 10.1 Å². The third-order valence-corrected chi connectivity index (χ3v) is 4.21. The smallest absolute Gasteiger partial charge is 0.126 e. The van der Waals surface area contributed by atoms with Crippen molar-refractivity contribution in [3.05, 3.63) is 35.1 Å². The molecular formula is C14H20FNOS. The predicted molar refractivity (Wildman–Crippen MR) is 74.6 cm³/mol. The molecule has 2 nitrogen and oxygen atoms in total. The van der Waals surface area contributed by atoms with Crippen molar-refractivity contribution >= 4 is 11.8 Å². The van der Waals surface area contributed by atoms with Gasteiger partial charge in [0.05, 0.1) is 18.8 Å². The molecule has 1 aromatic carbocycles. The minimum atomic E-state index is -0.140. The molecule has 4 heteroatoms. The molecule has 1 N–H and O–H groups in total. The van der Waals surface area contributed by atoms with Crippen LogP contribution in [0.2, 0.25) is 0 Å². The van der Waals surface area contributed by atoms with Crippen molar-refractivity contribution in [3.8, 4) is 0 Å². The minimum absolute atomic E-state index is 0.0814. The minimum Gasteiger partial charge on any atom is -0.375 e. The Balaban J connectivity index is 2.19. The lowest BCUT2D eigenvalue weighted by molar-refractivity contribution is 0.0471. The van der Waals surface area contributed by atoms with Crippen LogP contribution in [0, 0.1) is 12.7 Å². The lowest BCUT2D eigenvalue weighted by Gasteiger charge is -2.31. The first kappa shape index (κ1) is 13.8. The van der Waals surface area contributed by atoms with E-state index in [1.165, 1.54) is 0 Å². The largest absolute Gasteiger partial charge is 0.375 e. The van der Waals surface area contributed by atoms with Gasteiger partial charge in [-0.2, -0.15) is 11.8 Å². The Kier molecular flexibility index (Phi) is 5.03. The molecule has 0 aliphatic carbocycles. The second-order valence-corrected chi connectivity index (χ2v) is 5.68. The first-order valence-corrected chi connectivity index (χ1v) is 7.56. The van der Waals surface area contributed by atoms with E-state index in [0.717, 1.165) is 30.2 Å². The molecule has 2 rings (SSSR count). The summed E-state index contributed by atoms with van der Waals surface area (Å²) in [6.45, 7) is 5.48. The van der Waals surface area contributed by atoms with Crippen LogP contribution in [-0.4, -0.2) is 30.8 Å². The summed E-state index contributed by atoms with van der Waals surface area (Å²) in [6, 6.07) is 5.54. The van der Waals surface area contributed by atoms with Crippen molar-refractivity contribution < 1.29 is 9.13 Å². The highest BCUT2D eigenvalue weighted by Crippen LogP contribution is 2.26. The van der Waals surface area contributed by atoms with Crippen molar-refractivity contribution in [1.29, 1.82) is 0 Å². The topological polar surface area (TPSA) is 21.3 Å². The molecule has 2 unspecified atom stereocenters. The van der Waals surface area contributed by atoms with Crippen molar-refractivity contribution in [2.24, 2.45) is 0 Å². The van der Waals surface area contributed by atoms with Crippen LogP contribution in [-0.2, 0) is 4.74 Å². The van der Waals surface area contributed by atoms with Crippen LogP contribution in [0.5, 0.6) is 0 Å². The summed E-state index contributed by atoms with van der Waals surface area (Å²) >= 11 is 1.90. The van der Waals surface area contributed by atoms with E-state index in [4.69, 9.17) is 4.74 Å². The van der Waals surface area contributed by atoms with Gasteiger partial charge in [0.25, 0.3) is 0 Å². The van der Waals surface area contributed by atoms with Gasteiger partial charge in [-0.3, -0.25) is 0 Å². The zero-order valence-corrected chi connectivity index (χ0v) is 11.7. The number of rotatable bonds is 4. The molecular weight excluding hydrogens is 249 g/mol. The van der Waals surface area contributed by atoms with E-state index in [9.17, 15) is 4.39 Å². The van der Waals surface area contributed by atoms with Crippen LogP contribution in [0.25, 0.3) is 0 Å². The summed E-state index contributed by atoms with van der Waals surface area (Å²) < 4.78 is 19.5. The third-order valence-electron chi connectivity index (χ3n) is 3.19. The fourth-order valence-corrected chi connectivity index (χ4v) is 3.09. The lowest BCUT2D eigenvalue weighted by atomic mass is 10.0. The summed E-state index contributed by atoms with van der Waals surface area (Å²) in [7, 11) is 0. The Morgan fingerprint density at radius 1 is 1.56 bits per heavy atom. The van der Waals surface area contributed by atoms with Crippen LogP contribution < -0.4 is 5.32 Å². The van der Waals surface area contributed by atoms with Crippen molar-refractivity contribution in [2.45, 2.75) is 26.0 Å². The van der Waals surface area contributed by atoms with Crippen LogP contribution in [0.4, 0.5) is 4.39 Å². The normalized spacial score (nSPS) is 21.8. The highest BCUT2D eigenvalue weighted by Gasteiger charge is 2.26. The molecule has 1 aromatic rings. The monoisotopic (exact) mass is 269 g/mol. The van der Waals surface area contributed by atoms with Gasteiger partial charge in [0.2, 0.25) is 0 Å². The third kappa shape index (κ3) is 3.25. The predicted octanol–water partition coefficient (Wildman–Crippen LogP) is 2.92. The number of nitrogens with one attached hydrogen (secondary N) is 1. The van der Waals surface area contributed by atoms with Crippen LogP contribution in [0.1, 0.15) is 24.1 Å². The SMILES string of the molecule is CCNC(c1ccc(C)c(F)c1)C1CSCCO1. The Morgan fingerprint density at radius 3 is 3.00 bits per heavy atom. The van der Waals surface area contributed by atoms with E-state index in [-0.39, 0.29) is 18.0 Å². The molecule has 18 heavy (non-hydrogen) atoms. The van der Waals surface area contributed by atoms with Gasteiger partial charge in [-0.1, -0.05) is 19.1 Å². The fraction of sp³-hybridized carbons (Fsp3) is 0.571. The van der Waals surface area contributed by atoms with Gasteiger partial charge in [-0.05, 0) is 30.7 Å². The molecule has 0 amide bonds. The van der Waals surface area contributed by atoms with Crippen molar-refractivity contribution in [2.75, 3.05) is 24.7 Å². The molecule has 100 valence electrons. The van der Waals surface area contributed by atoms with Crippen molar-refractivity contribution in [1.82, 2.24) is 5.32 Å². The summed E-state index contributed by atoms with van der Waals surface area (Å²) in [6.07, 6.45) is 0.130. The number of hydrogen-bond acceptors (Lipinski definition) is 3. The second kappa shape index (κ2) is 6.55. The quantitative estimate of drug-likeness (QED) is 0.908. The highest BCUT2D eigenvalue weighted by atomic mass is 32.2. The fourth-order valence-electron chi connectivity index (χ4n) is 2.18. The molecule has 0 spiro atoms. The number of halogens is 1. The molecule has 2 atom stereocenters. The maximum Gasteiger partial charge on any atom is 0.126 e. The molecule has 1 aliphatic rings. The molecule has 0 radical (unpaired) electrons. The summed E-state index contributed by atoms with van der Waals surface area (Å²) in [4.78, 5) is 0. The number of benzene rings is 1. The van der Waals surface area contributed by atoms with E-state index in [1.54, 1.807) is 13.0 Å². The first-order valence-electron chi connectivity index (χ1n) is 6.41. The maximum absolute atomic E-state index is 13.7. The van der Waals surface area contributed by atoms with Gasteiger partial charge in [-0.15, -0.1) is 0 Å². The van der Waals surface area contributed by atoms with Crippen LogP contribution in [0.3, 0.4) is 0 Å². The number of likely N-dealkylation sites (N-methyl/N-ethyl adjacent to an activating group) is 1. The molecule has 0 aromatic heterocycles. The van der Waals surface area contributed by atoms with Gasteiger partial charge in [0, 0.05) is 11.5 Å². The maximum atomic E-state index is 13.7. The Morgan fingerprint density at radius 2 is 2.39 bits per heavy atom. The Hall–Kier alpha value is -0.580.